The van der Waals surface area contributed by atoms with Gasteiger partial charge in [0.2, 0.25) is 0 Å². The van der Waals surface area contributed by atoms with E-state index in [4.69, 9.17) is 0 Å². The van der Waals surface area contributed by atoms with E-state index in [1.807, 2.05) is 36.9 Å². The molecule has 0 aliphatic carbocycles. The zero-order valence-corrected chi connectivity index (χ0v) is 10.3. The molecule has 0 saturated heterocycles. The Morgan fingerprint density at radius 2 is 2.27 bits per heavy atom. The van der Waals surface area contributed by atoms with Gasteiger partial charge in [0, 0.05) is 25.0 Å². The highest BCUT2D eigenvalue weighted by Crippen LogP contribution is 2.30. The van der Waals surface area contributed by atoms with Gasteiger partial charge in [-0.05, 0) is 27.6 Å². The van der Waals surface area contributed by atoms with E-state index in [1.165, 1.54) is 0 Å². The van der Waals surface area contributed by atoms with E-state index in [1.54, 1.807) is 0 Å². The van der Waals surface area contributed by atoms with Crippen LogP contribution in [0.4, 0.5) is 0 Å². The molecule has 1 atom stereocenters. The van der Waals surface area contributed by atoms with Gasteiger partial charge >= 0.3 is 0 Å². The molecular formula is C11H13BrN2O. The quantitative estimate of drug-likeness (QED) is 0.909. The monoisotopic (exact) mass is 268 g/mol. The Hall–Kier alpha value is -0.870. The van der Waals surface area contributed by atoms with Gasteiger partial charge in [0.05, 0.1) is 5.52 Å². The van der Waals surface area contributed by atoms with Gasteiger partial charge in [0.15, 0.2) is 0 Å². The molecule has 1 heterocycles. The number of nitrogens with zero attached hydrogens (tertiary/aromatic N) is 2. The fourth-order valence-corrected chi connectivity index (χ4v) is 2.47. The lowest BCUT2D eigenvalue weighted by molar-refractivity contribution is 0.273. The minimum absolute atomic E-state index is 0.134. The van der Waals surface area contributed by atoms with Gasteiger partial charge in [-0.2, -0.15) is 5.10 Å². The Bertz CT molecular complexity index is 493. The van der Waals surface area contributed by atoms with Crippen molar-refractivity contribution in [3.05, 3.63) is 28.4 Å². The summed E-state index contributed by atoms with van der Waals surface area (Å²) in [5.41, 5.74) is 2.22. The number of aromatic nitrogens is 2. The van der Waals surface area contributed by atoms with Crippen LogP contribution in [0.2, 0.25) is 0 Å². The second-order valence-electron chi connectivity index (χ2n) is 3.74. The molecule has 0 amide bonds. The van der Waals surface area contributed by atoms with Crippen LogP contribution in [0.3, 0.4) is 0 Å². The van der Waals surface area contributed by atoms with E-state index in [9.17, 15) is 5.11 Å². The average Bonchev–Trinajstić information content (AvgIpc) is 2.54. The van der Waals surface area contributed by atoms with Crippen molar-refractivity contribution in [1.82, 2.24) is 9.78 Å². The molecule has 80 valence electrons. The Morgan fingerprint density at radius 3 is 2.93 bits per heavy atom. The van der Waals surface area contributed by atoms with Gasteiger partial charge in [-0.1, -0.05) is 19.1 Å². The molecule has 15 heavy (non-hydrogen) atoms. The molecule has 0 saturated carbocycles. The number of aliphatic hydroxyl groups is 1. The molecule has 0 bridgehead atoms. The van der Waals surface area contributed by atoms with E-state index in [0.29, 0.717) is 0 Å². The van der Waals surface area contributed by atoms with E-state index in [0.717, 1.165) is 21.1 Å². The van der Waals surface area contributed by atoms with Crippen molar-refractivity contribution >= 4 is 26.8 Å². The van der Waals surface area contributed by atoms with Gasteiger partial charge < -0.3 is 5.11 Å². The number of aryl methyl sites for hydroxylation is 1. The lowest BCUT2D eigenvalue weighted by Crippen LogP contribution is -1.99. The molecule has 2 aromatic rings. The normalized spacial score (nSPS) is 13.3. The van der Waals surface area contributed by atoms with Gasteiger partial charge in [0.25, 0.3) is 0 Å². The summed E-state index contributed by atoms with van der Waals surface area (Å²) >= 11 is 3.45. The maximum Gasteiger partial charge on any atom is 0.136 e. The summed E-state index contributed by atoms with van der Waals surface area (Å²) < 4.78 is 2.68. The van der Waals surface area contributed by atoms with Crippen LogP contribution in [0.15, 0.2) is 22.8 Å². The Labute approximate surface area is 96.8 Å². The number of halogens is 1. The van der Waals surface area contributed by atoms with Crippen LogP contribution in [-0.2, 0) is 7.05 Å². The smallest absolute Gasteiger partial charge is 0.136 e. The van der Waals surface area contributed by atoms with Crippen LogP contribution >= 0.6 is 15.9 Å². The van der Waals surface area contributed by atoms with Gasteiger partial charge in [-0.25, -0.2) is 0 Å². The van der Waals surface area contributed by atoms with Crippen molar-refractivity contribution in [1.29, 1.82) is 0 Å². The van der Waals surface area contributed by atoms with E-state index in [2.05, 4.69) is 21.0 Å². The summed E-state index contributed by atoms with van der Waals surface area (Å²) in [6, 6.07) is 6.06. The first kappa shape index (κ1) is 10.6. The molecule has 0 radical (unpaired) electrons. The van der Waals surface area contributed by atoms with Gasteiger partial charge in [0.1, 0.15) is 4.60 Å². The number of rotatable bonds is 2. The first-order valence-corrected chi connectivity index (χ1v) is 5.66. The van der Waals surface area contributed by atoms with Crippen LogP contribution in [0.1, 0.15) is 18.4 Å². The summed E-state index contributed by atoms with van der Waals surface area (Å²) in [6.45, 7) is 2.16. The van der Waals surface area contributed by atoms with E-state index < -0.39 is 0 Å². The molecule has 1 aromatic heterocycles. The SMILES string of the molecule is CC(CO)c1cccc2c1c(Br)nn2C. The van der Waals surface area contributed by atoms with Crippen molar-refractivity contribution in [2.24, 2.45) is 7.05 Å². The van der Waals surface area contributed by atoms with Crippen molar-refractivity contribution in [3.63, 3.8) is 0 Å². The molecule has 0 aliphatic heterocycles. The fourth-order valence-electron chi connectivity index (χ4n) is 1.80. The number of hydrogen-bond acceptors (Lipinski definition) is 2. The van der Waals surface area contributed by atoms with Gasteiger partial charge in [-0.3, -0.25) is 4.68 Å². The fraction of sp³-hybridized carbons (Fsp3) is 0.364. The van der Waals surface area contributed by atoms with E-state index >= 15 is 0 Å². The van der Waals surface area contributed by atoms with Crippen molar-refractivity contribution in [2.75, 3.05) is 6.61 Å². The Morgan fingerprint density at radius 1 is 1.53 bits per heavy atom. The molecule has 0 aliphatic rings. The molecule has 3 nitrogen and oxygen atoms in total. The molecule has 1 unspecified atom stereocenters. The average molecular weight is 269 g/mol. The Kier molecular flexibility index (Phi) is 2.80. The molecule has 2 rings (SSSR count). The third-order valence-electron chi connectivity index (χ3n) is 2.67. The van der Waals surface area contributed by atoms with Gasteiger partial charge in [-0.15, -0.1) is 0 Å². The highest BCUT2D eigenvalue weighted by atomic mass is 79.9. The second kappa shape index (κ2) is 3.94. The molecule has 0 spiro atoms. The summed E-state index contributed by atoms with van der Waals surface area (Å²) in [7, 11) is 1.92. The van der Waals surface area contributed by atoms with E-state index in [-0.39, 0.29) is 12.5 Å². The standard InChI is InChI=1S/C11H13BrN2O/c1-7(6-15)8-4-3-5-9-10(8)11(12)13-14(9)2/h3-5,7,15H,6H2,1-2H3. The molecule has 1 N–H and O–H groups in total. The summed E-state index contributed by atoms with van der Waals surface area (Å²) in [5.74, 6) is 0.134. The summed E-state index contributed by atoms with van der Waals surface area (Å²) in [6.07, 6.45) is 0. The molecule has 4 heteroatoms. The summed E-state index contributed by atoms with van der Waals surface area (Å²) in [4.78, 5) is 0. The molecule has 0 fully saturated rings. The van der Waals surface area contributed by atoms with Crippen molar-refractivity contribution < 1.29 is 5.11 Å². The first-order chi connectivity index (χ1) is 7.15. The second-order valence-corrected chi connectivity index (χ2v) is 4.49. The molecular weight excluding hydrogens is 256 g/mol. The third kappa shape index (κ3) is 1.68. The van der Waals surface area contributed by atoms with Crippen LogP contribution in [-0.4, -0.2) is 21.5 Å². The summed E-state index contributed by atoms with van der Waals surface area (Å²) in [5, 5.41) is 14.6. The first-order valence-electron chi connectivity index (χ1n) is 4.87. The lowest BCUT2D eigenvalue weighted by Gasteiger charge is -2.09. The number of fused-ring (bicyclic) bond motifs is 1. The predicted octanol–water partition coefficient (Wildman–Crippen LogP) is 2.43. The zero-order valence-electron chi connectivity index (χ0n) is 8.74. The number of benzene rings is 1. The number of hydrogen-bond donors (Lipinski definition) is 1. The molecule has 1 aromatic carbocycles. The highest BCUT2D eigenvalue weighted by Gasteiger charge is 2.14. The van der Waals surface area contributed by atoms with Crippen molar-refractivity contribution in [2.45, 2.75) is 12.8 Å². The maximum atomic E-state index is 9.20. The zero-order chi connectivity index (χ0) is 11.0. The largest absolute Gasteiger partial charge is 0.396 e. The minimum atomic E-state index is 0.134. The lowest BCUT2D eigenvalue weighted by atomic mass is 9.99. The Balaban J connectivity index is 2.75. The topological polar surface area (TPSA) is 38.1 Å². The van der Waals surface area contributed by atoms with Crippen LogP contribution in [0.25, 0.3) is 10.9 Å². The minimum Gasteiger partial charge on any atom is -0.396 e. The predicted molar refractivity (Wildman–Crippen MR) is 63.9 cm³/mol. The van der Waals surface area contributed by atoms with Crippen LogP contribution in [0.5, 0.6) is 0 Å². The van der Waals surface area contributed by atoms with Crippen molar-refractivity contribution in [3.8, 4) is 0 Å². The third-order valence-corrected chi connectivity index (χ3v) is 3.23. The maximum absolute atomic E-state index is 9.20. The highest BCUT2D eigenvalue weighted by molar-refractivity contribution is 9.10. The van der Waals surface area contributed by atoms with Crippen LogP contribution in [0, 0.1) is 0 Å². The number of aliphatic hydroxyl groups excluding tert-OH is 1. The van der Waals surface area contributed by atoms with Crippen LogP contribution < -0.4 is 0 Å².